The predicted molar refractivity (Wildman–Crippen MR) is 73.7 cm³/mol. The van der Waals surface area contributed by atoms with Crippen molar-refractivity contribution in [3.63, 3.8) is 0 Å². The van der Waals surface area contributed by atoms with Crippen molar-refractivity contribution in [1.82, 2.24) is 4.90 Å². The second-order valence-corrected chi connectivity index (χ2v) is 5.53. The van der Waals surface area contributed by atoms with Gasteiger partial charge in [0.15, 0.2) is 0 Å². The number of carbonyl (C=O) groups excluding carboxylic acids is 1. The van der Waals surface area contributed by atoms with Gasteiger partial charge in [0.25, 0.3) is 11.6 Å². The average Bonchev–Trinajstić information content (AvgIpc) is 2.72. The number of hydrogen-bond donors (Lipinski definition) is 2. The highest BCUT2D eigenvalue weighted by Gasteiger charge is 2.35. The molecule has 0 radical (unpaired) electrons. The summed E-state index contributed by atoms with van der Waals surface area (Å²) in [6.07, 6.45) is 0.446. The number of nitro groups is 1. The molecule has 0 aromatic heterocycles. The van der Waals surface area contributed by atoms with Gasteiger partial charge in [0.1, 0.15) is 0 Å². The van der Waals surface area contributed by atoms with E-state index < -0.39 is 16.4 Å². The van der Waals surface area contributed by atoms with E-state index in [1.54, 1.807) is 6.92 Å². The lowest BCUT2D eigenvalue weighted by Gasteiger charge is -2.20. The molecule has 1 aliphatic heterocycles. The van der Waals surface area contributed by atoms with Gasteiger partial charge in [-0.05, 0) is 13.3 Å². The van der Waals surface area contributed by atoms with Gasteiger partial charge in [-0.15, -0.1) is 0 Å². The maximum absolute atomic E-state index is 12.3. The molecule has 0 aliphatic carbocycles. The molecule has 0 saturated carbocycles. The number of non-ortho nitro benzene ring substituents is 1. The Hall–Kier alpha value is -1.86. The zero-order valence-electron chi connectivity index (χ0n) is 10.8. The van der Waals surface area contributed by atoms with Crippen molar-refractivity contribution in [2.75, 3.05) is 18.8 Å². The maximum atomic E-state index is 12.3. The van der Waals surface area contributed by atoms with E-state index in [4.69, 9.17) is 17.3 Å². The van der Waals surface area contributed by atoms with Gasteiger partial charge in [-0.2, -0.15) is 0 Å². The van der Waals surface area contributed by atoms with Crippen LogP contribution in [0.25, 0.3) is 0 Å². The number of halogens is 1. The van der Waals surface area contributed by atoms with E-state index >= 15 is 0 Å². The molecule has 1 heterocycles. The second-order valence-electron chi connectivity index (χ2n) is 5.12. The standard InChI is InChI=1S/C12H14ClN3O4/c1-12(18)2-3-15(6-12)11(17)8-4-7(16(19)20)5-9(13)10(8)14/h4-5,18H,2-3,6,14H2,1H3. The lowest BCUT2D eigenvalue weighted by Crippen LogP contribution is -2.34. The van der Waals surface area contributed by atoms with Gasteiger partial charge in [-0.25, -0.2) is 0 Å². The first-order valence-electron chi connectivity index (χ1n) is 5.96. The number of likely N-dealkylation sites (tertiary alicyclic amines) is 1. The number of nitro benzene ring substituents is 1. The average molecular weight is 300 g/mol. The highest BCUT2D eigenvalue weighted by molar-refractivity contribution is 6.34. The fourth-order valence-electron chi connectivity index (χ4n) is 2.17. The Morgan fingerprint density at radius 1 is 1.60 bits per heavy atom. The number of amides is 1. The lowest BCUT2D eigenvalue weighted by molar-refractivity contribution is -0.384. The lowest BCUT2D eigenvalue weighted by atomic mass is 10.1. The molecule has 1 saturated heterocycles. The molecule has 108 valence electrons. The molecule has 1 atom stereocenters. The number of nitrogens with two attached hydrogens (primary N) is 1. The Bertz CT molecular complexity index is 588. The molecule has 1 unspecified atom stereocenters. The minimum Gasteiger partial charge on any atom is -0.397 e. The SMILES string of the molecule is CC1(O)CCN(C(=O)c2cc([N+](=O)[O-])cc(Cl)c2N)C1. The van der Waals surface area contributed by atoms with E-state index in [0.29, 0.717) is 13.0 Å². The first kappa shape index (κ1) is 14.5. The van der Waals surface area contributed by atoms with Gasteiger partial charge in [-0.1, -0.05) is 11.6 Å². The van der Waals surface area contributed by atoms with E-state index in [1.807, 2.05) is 0 Å². The highest BCUT2D eigenvalue weighted by Crippen LogP contribution is 2.31. The summed E-state index contributed by atoms with van der Waals surface area (Å²) >= 11 is 5.82. The molecule has 20 heavy (non-hydrogen) atoms. The molecule has 1 aromatic carbocycles. The highest BCUT2D eigenvalue weighted by atomic mass is 35.5. The number of nitrogens with zero attached hydrogens (tertiary/aromatic N) is 2. The molecule has 0 bridgehead atoms. The summed E-state index contributed by atoms with van der Waals surface area (Å²) in [5, 5.41) is 20.6. The molecule has 0 spiro atoms. The molecule has 1 fully saturated rings. The zero-order chi connectivity index (χ0) is 15.1. The number of hydrogen-bond acceptors (Lipinski definition) is 5. The van der Waals surface area contributed by atoms with E-state index in [2.05, 4.69) is 0 Å². The van der Waals surface area contributed by atoms with Gasteiger partial charge >= 0.3 is 0 Å². The van der Waals surface area contributed by atoms with E-state index in [1.165, 1.54) is 4.90 Å². The summed E-state index contributed by atoms with van der Waals surface area (Å²) in [5.41, 5.74) is 4.48. The maximum Gasteiger partial charge on any atom is 0.271 e. The van der Waals surface area contributed by atoms with Crippen LogP contribution in [0.3, 0.4) is 0 Å². The van der Waals surface area contributed by atoms with Crippen molar-refractivity contribution in [3.05, 3.63) is 32.8 Å². The third-order valence-electron chi connectivity index (χ3n) is 3.29. The quantitative estimate of drug-likeness (QED) is 0.487. The van der Waals surface area contributed by atoms with Crippen LogP contribution in [0.1, 0.15) is 23.7 Å². The summed E-state index contributed by atoms with van der Waals surface area (Å²) in [5.74, 6) is -0.467. The Labute approximate surface area is 120 Å². The third kappa shape index (κ3) is 2.68. The summed E-state index contributed by atoms with van der Waals surface area (Å²) in [7, 11) is 0. The molecular weight excluding hydrogens is 286 g/mol. The number of nitrogen functional groups attached to an aromatic ring is 1. The minimum absolute atomic E-state index is 0.00816. The predicted octanol–water partition coefficient (Wildman–Crippen LogP) is 1.43. The number of benzene rings is 1. The van der Waals surface area contributed by atoms with Crippen LogP contribution in [0.2, 0.25) is 5.02 Å². The largest absolute Gasteiger partial charge is 0.397 e. The molecule has 1 aromatic rings. The first-order chi connectivity index (χ1) is 9.21. The van der Waals surface area contributed by atoms with E-state index in [0.717, 1.165) is 12.1 Å². The summed E-state index contributed by atoms with van der Waals surface area (Å²) < 4.78 is 0. The molecule has 1 aliphatic rings. The van der Waals surface area contributed by atoms with Crippen molar-refractivity contribution in [3.8, 4) is 0 Å². The molecule has 1 amide bonds. The van der Waals surface area contributed by atoms with Crippen LogP contribution >= 0.6 is 11.6 Å². The molecular formula is C12H14ClN3O4. The van der Waals surface area contributed by atoms with E-state index in [9.17, 15) is 20.0 Å². The molecule has 3 N–H and O–H groups in total. The van der Waals surface area contributed by atoms with Crippen LogP contribution in [0.15, 0.2) is 12.1 Å². The normalized spacial score (nSPS) is 22.1. The number of rotatable bonds is 2. The summed E-state index contributed by atoms with van der Waals surface area (Å²) in [4.78, 5) is 23.9. The third-order valence-corrected chi connectivity index (χ3v) is 3.61. The van der Waals surface area contributed by atoms with Crippen LogP contribution in [-0.2, 0) is 0 Å². The zero-order valence-corrected chi connectivity index (χ0v) is 11.6. The van der Waals surface area contributed by atoms with Gasteiger partial charge in [0.2, 0.25) is 0 Å². The van der Waals surface area contributed by atoms with Crippen molar-refractivity contribution in [1.29, 1.82) is 0 Å². The van der Waals surface area contributed by atoms with E-state index in [-0.39, 0.29) is 28.5 Å². The molecule has 2 rings (SSSR count). The Morgan fingerprint density at radius 2 is 2.25 bits per heavy atom. The Balaban J connectivity index is 2.37. The molecule has 8 heteroatoms. The fraction of sp³-hybridized carbons (Fsp3) is 0.417. The van der Waals surface area contributed by atoms with Crippen molar-refractivity contribution < 1.29 is 14.8 Å². The Morgan fingerprint density at radius 3 is 2.75 bits per heavy atom. The molecule has 7 nitrogen and oxygen atoms in total. The first-order valence-corrected chi connectivity index (χ1v) is 6.34. The summed E-state index contributed by atoms with van der Waals surface area (Å²) in [6.45, 7) is 2.15. The number of β-amino-alcohol motifs (C(OH)–C–C–N with tert-alkyl or cyclic N) is 1. The van der Waals surface area contributed by atoms with Crippen LogP contribution in [-0.4, -0.2) is 39.5 Å². The Kier molecular flexibility index (Phi) is 3.58. The van der Waals surface area contributed by atoms with Crippen molar-refractivity contribution in [2.24, 2.45) is 0 Å². The van der Waals surface area contributed by atoms with Gasteiger partial charge in [0.05, 0.1) is 26.8 Å². The minimum atomic E-state index is -0.949. The fourth-order valence-corrected chi connectivity index (χ4v) is 2.39. The smallest absolute Gasteiger partial charge is 0.271 e. The number of carbonyl (C=O) groups is 1. The van der Waals surface area contributed by atoms with Gasteiger partial charge < -0.3 is 15.7 Å². The topological polar surface area (TPSA) is 110 Å². The van der Waals surface area contributed by atoms with Crippen LogP contribution in [0.4, 0.5) is 11.4 Å². The summed E-state index contributed by atoms with van der Waals surface area (Å²) in [6, 6.07) is 2.21. The second kappa shape index (κ2) is 4.92. The monoisotopic (exact) mass is 299 g/mol. The number of aliphatic hydroxyl groups is 1. The number of anilines is 1. The van der Waals surface area contributed by atoms with Crippen molar-refractivity contribution >= 4 is 28.9 Å². The van der Waals surface area contributed by atoms with Gasteiger partial charge in [-0.3, -0.25) is 14.9 Å². The van der Waals surface area contributed by atoms with Crippen molar-refractivity contribution in [2.45, 2.75) is 18.9 Å². The van der Waals surface area contributed by atoms with Gasteiger partial charge in [0, 0.05) is 25.2 Å². The van der Waals surface area contributed by atoms with Crippen LogP contribution in [0, 0.1) is 10.1 Å². The van der Waals surface area contributed by atoms with Crippen LogP contribution in [0.5, 0.6) is 0 Å². The van der Waals surface area contributed by atoms with Crippen LogP contribution < -0.4 is 5.73 Å².